The lowest BCUT2D eigenvalue weighted by atomic mass is 10.0. The lowest BCUT2D eigenvalue weighted by molar-refractivity contribution is 0.0978. The Kier molecular flexibility index (Phi) is 3.83. The zero-order valence-corrected chi connectivity index (χ0v) is 12.5. The lowest BCUT2D eigenvalue weighted by Crippen LogP contribution is -2.03. The van der Waals surface area contributed by atoms with E-state index in [0.717, 1.165) is 29.7 Å². The molecule has 0 fully saturated rings. The second-order valence-electron chi connectivity index (χ2n) is 4.83. The van der Waals surface area contributed by atoms with Crippen LogP contribution in [-0.2, 0) is 12.8 Å². The van der Waals surface area contributed by atoms with Crippen LogP contribution in [0, 0.1) is 0 Å². The zero-order chi connectivity index (χ0) is 13.9. The summed E-state index contributed by atoms with van der Waals surface area (Å²) in [5, 5.41) is 0. The van der Waals surface area contributed by atoms with Crippen molar-refractivity contribution >= 4 is 21.7 Å². The van der Waals surface area contributed by atoms with Crippen molar-refractivity contribution in [3.63, 3.8) is 0 Å². The van der Waals surface area contributed by atoms with Gasteiger partial charge in [0.15, 0.2) is 5.78 Å². The molecule has 0 N–H and O–H groups in total. The quantitative estimate of drug-likeness (QED) is 0.803. The number of halogens is 1. The molecule has 0 amide bonds. The van der Waals surface area contributed by atoms with Gasteiger partial charge in [0.2, 0.25) is 0 Å². The van der Waals surface area contributed by atoms with Crippen molar-refractivity contribution < 1.29 is 9.53 Å². The summed E-state index contributed by atoms with van der Waals surface area (Å²) >= 11 is 3.31. The van der Waals surface area contributed by atoms with Crippen molar-refractivity contribution in [3.05, 3.63) is 57.8 Å². The number of carbonyl (C=O) groups excluding carboxylic acids is 1. The average molecular weight is 332 g/mol. The third-order valence-electron chi connectivity index (χ3n) is 3.41. The van der Waals surface area contributed by atoms with Crippen LogP contribution in [0.1, 0.15) is 28.0 Å². The molecule has 102 valence electrons. The van der Waals surface area contributed by atoms with Crippen LogP contribution < -0.4 is 4.74 Å². The van der Waals surface area contributed by atoms with Crippen molar-refractivity contribution in [2.75, 3.05) is 6.61 Å². The Morgan fingerprint density at radius 2 is 2.20 bits per heavy atom. The predicted molar refractivity (Wildman–Crippen MR) is 80.2 cm³/mol. The highest BCUT2D eigenvalue weighted by molar-refractivity contribution is 9.10. The summed E-state index contributed by atoms with van der Waals surface area (Å²) in [6.45, 7) is 0.764. The second-order valence-corrected chi connectivity index (χ2v) is 5.74. The number of nitrogens with zero attached hydrogens (tertiary/aromatic N) is 1. The van der Waals surface area contributed by atoms with Gasteiger partial charge in [0.25, 0.3) is 0 Å². The first-order valence-electron chi connectivity index (χ1n) is 6.62. The van der Waals surface area contributed by atoms with Gasteiger partial charge < -0.3 is 4.74 Å². The molecule has 2 aromatic rings. The maximum atomic E-state index is 12.1. The van der Waals surface area contributed by atoms with E-state index in [1.165, 1.54) is 11.1 Å². The van der Waals surface area contributed by atoms with E-state index < -0.39 is 0 Å². The molecule has 1 aliphatic heterocycles. The van der Waals surface area contributed by atoms with E-state index in [2.05, 4.69) is 27.0 Å². The van der Waals surface area contributed by atoms with Gasteiger partial charge in [-0.2, -0.15) is 0 Å². The Hall–Kier alpha value is -1.68. The molecule has 1 aromatic carbocycles. The predicted octanol–water partition coefficient (Wildman–Crippen LogP) is 3.59. The van der Waals surface area contributed by atoms with Gasteiger partial charge in [0.1, 0.15) is 11.4 Å². The van der Waals surface area contributed by atoms with Crippen molar-refractivity contribution in [2.24, 2.45) is 0 Å². The summed E-state index contributed by atoms with van der Waals surface area (Å²) in [4.78, 5) is 16.2. The molecule has 1 aromatic heterocycles. The molecule has 0 aliphatic carbocycles. The first kappa shape index (κ1) is 13.3. The maximum Gasteiger partial charge on any atom is 0.181 e. The van der Waals surface area contributed by atoms with Gasteiger partial charge in [-0.15, -0.1) is 0 Å². The van der Waals surface area contributed by atoms with Crippen LogP contribution in [0.2, 0.25) is 0 Å². The van der Waals surface area contributed by atoms with E-state index in [-0.39, 0.29) is 5.78 Å². The van der Waals surface area contributed by atoms with Gasteiger partial charge in [0.05, 0.1) is 6.61 Å². The number of hydrogen-bond donors (Lipinski definition) is 0. The number of fused-ring (bicyclic) bond motifs is 1. The monoisotopic (exact) mass is 331 g/mol. The van der Waals surface area contributed by atoms with E-state index in [1.807, 2.05) is 18.2 Å². The molecule has 0 saturated carbocycles. The number of rotatable bonds is 4. The molecule has 0 atom stereocenters. The minimum atomic E-state index is 0.0780. The molecule has 2 heterocycles. The van der Waals surface area contributed by atoms with Crippen LogP contribution >= 0.6 is 15.9 Å². The number of carbonyl (C=O) groups is 1. The van der Waals surface area contributed by atoms with Crippen LogP contribution in [0.15, 0.2) is 41.0 Å². The summed E-state index contributed by atoms with van der Waals surface area (Å²) in [7, 11) is 0. The molecule has 0 saturated heterocycles. The number of ether oxygens (including phenoxy) is 1. The van der Waals surface area contributed by atoms with E-state index in [0.29, 0.717) is 12.1 Å². The largest absolute Gasteiger partial charge is 0.493 e. The number of ketones is 1. The molecule has 0 radical (unpaired) electrons. The SMILES string of the molecule is O=C(CCc1ccc2c(c1)CCO2)c1ccc(Br)cn1. The molecule has 1 aliphatic rings. The van der Waals surface area contributed by atoms with Gasteiger partial charge in [0, 0.05) is 23.5 Å². The number of hydrogen-bond acceptors (Lipinski definition) is 3. The third-order valence-corrected chi connectivity index (χ3v) is 3.88. The van der Waals surface area contributed by atoms with E-state index >= 15 is 0 Å². The van der Waals surface area contributed by atoms with E-state index in [4.69, 9.17) is 4.74 Å². The Labute approximate surface area is 126 Å². The Balaban J connectivity index is 1.64. The van der Waals surface area contributed by atoms with Crippen molar-refractivity contribution in [1.82, 2.24) is 4.98 Å². The molecule has 4 heteroatoms. The normalized spacial score (nSPS) is 12.8. The fourth-order valence-corrected chi connectivity index (χ4v) is 2.56. The standard InChI is InChI=1S/C16H14BrNO2/c17-13-3-4-14(18-10-13)15(19)5-1-11-2-6-16-12(9-11)7-8-20-16/h2-4,6,9-10H,1,5,7-8H2. The average Bonchev–Trinajstić information content (AvgIpc) is 2.93. The van der Waals surface area contributed by atoms with Gasteiger partial charge in [-0.25, -0.2) is 0 Å². The van der Waals surface area contributed by atoms with Crippen molar-refractivity contribution in [3.8, 4) is 5.75 Å². The molecular weight excluding hydrogens is 318 g/mol. The summed E-state index contributed by atoms with van der Waals surface area (Å²) in [6.07, 6.45) is 3.84. The molecule has 0 spiro atoms. The van der Waals surface area contributed by atoms with Crippen LogP contribution in [0.3, 0.4) is 0 Å². The smallest absolute Gasteiger partial charge is 0.181 e. The van der Waals surface area contributed by atoms with Crippen molar-refractivity contribution in [2.45, 2.75) is 19.3 Å². The summed E-state index contributed by atoms with van der Waals surface area (Å²) in [5.74, 6) is 1.06. The minimum Gasteiger partial charge on any atom is -0.493 e. The van der Waals surface area contributed by atoms with Gasteiger partial charge in [-0.1, -0.05) is 12.1 Å². The van der Waals surface area contributed by atoms with E-state index in [1.54, 1.807) is 12.3 Å². The minimum absolute atomic E-state index is 0.0780. The van der Waals surface area contributed by atoms with Crippen molar-refractivity contribution in [1.29, 1.82) is 0 Å². The maximum absolute atomic E-state index is 12.1. The fourth-order valence-electron chi connectivity index (χ4n) is 2.32. The Bertz CT molecular complexity index is 637. The fraction of sp³-hybridized carbons (Fsp3) is 0.250. The van der Waals surface area contributed by atoms with Gasteiger partial charge >= 0.3 is 0 Å². The first-order valence-corrected chi connectivity index (χ1v) is 7.41. The molecule has 3 rings (SSSR count). The summed E-state index contributed by atoms with van der Waals surface area (Å²) in [5.41, 5.74) is 2.95. The van der Waals surface area contributed by atoms with Crippen LogP contribution in [0.4, 0.5) is 0 Å². The number of aromatic nitrogens is 1. The highest BCUT2D eigenvalue weighted by Gasteiger charge is 2.13. The number of aryl methyl sites for hydroxylation is 1. The van der Waals surface area contributed by atoms with Gasteiger partial charge in [-0.3, -0.25) is 9.78 Å². The van der Waals surface area contributed by atoms with Crippen LogP contribution in [-0.4, -0.2) is 17.4 Å². The van der Waals surface area contributed by atoms with Gasteiger partial charge in [-0.05, 0) is 51.7 Å². The molecule has 0 bridgehead atoms. The molecule has 0 unspecified atom stereocenters. The molecule has 3 nitrogen and oxygen atoms in total. The summed E-state index contributed by atoms with van der Waals surface area (Å²) in [6, 6.07) is 9.77. The zero-order valence-electron chi connectivity index (χ0n) is 10.9. The number of pyridine rings is 1. The third kappa shape index (κ3) is 2.90. The first-order chi connectivity index (χ1) is 9.72. The summed E-state index contributed by atoms with van der Waals surface area (Å²) < 4.78 is 6.36. The van der Waals surface area contributed by atoms with Crippen LogP contribution in [0.25, 0.3) is 0 Å². The highest BCUT2D eigenvalue weighted by Crippen LogP contribution is 2.26. The molecular formula is C16H14BrNO2. The molecule has 20 heavy (non-hydrogen) atoms. The number of Topliss-reactive ketones (excluding diaryl/α,β-unsaturated/α-hetero) is 1. The lowest BCUT2D eigenvalue weighted by Gasteiger charge is -2.04. The highest BCUT2D eigenvalue weighted by atomic mass is 79.9. The number of benzene rings is 1. The second kappa shape index (κ2) is 5.75. The Morgan fingerprint density at radius 3 is 3.00 bits per heavy atom. The Morgan fingerprint density at radius 1 is 1.30 bits per heavy atom. The van der Waals surface area contributed by atoms with E-state index in [9.17, 15) is 4.79 Å². The topological polar surface area (TPSA) is 39.2 Å². The van der Waals surface area contributed by atoms with Crippen LogP contribution in [0.5, 0.6) is 5.75 Å².